The Morgan fingerprint density at radius 3 is 2.89 bits per heavy atom. The summed E-state index contributed by atoms with van der Waals surface area (Å²) in [5.74, 6) is -0.748. The molecule has 2 rings (SSSR count). The Kier molecular flexibility index (Phi) is 4.12. The largest absolute Gasteiger partial charge is 0.287 e. The van der Waals surface area contributed by atoms with Crippen LogP contribution in [0, 0.1) is 5.82 Å². The number of hydrogen-bond acceptors (Lipinski definition) is 2. The lowest BCUT2D eigenvalue weighted by molar-refractivity contribution is 0.104. The summed E-state index contributed by atoms with van der Waals surface area (Å²) in [7, 11) is 0. The van der Waals surface area contributed by atoms with Crippen LogP contribution in [-0.4, -0.2) is 15.6 Å². The van der Waals surface area contributed by atoms with Crippen LogP contribution in [0.5, 0.6) is 0 Å². The highest BCUT2D eigenvalue weighted by Gasteiger charge is 2.07. The second-order valence-corrected chi connectivity index (χ2v) is 4.30. The summed E-state index contributed by atoms with van der Waals surface area (Å²) in [5.41, 5.74) is 0.526. The van der Waals surface area contributed by atoms with Crippen molar-refractivity contribution in [1.29, 1.82) is 0 Å². The van der Waals surface area contributed by atoms with E-state index in [9.17, 15) is 9.18 Å². The Balaban J connectivity index is 2.20. The van der Waals surface area contributed by atoms with Crippen LogP contribution in [0.1, 0.15) is 23.0 Å². The molecular weight excluding hydrogens is 267 g/mol. The van der Waals surface area contributed by atoms with E-state index in [1.807, 2.05) is 6.92 Å². The number of rotatable bonds is 4. The lowest BCUT2D eigenvalue weighted by Gasteiger charge is -1.98. The highest BCUT2D eigenvalue weighted by molar-refractivity contribution is 6.32. The number of ketones is 1. The van der Waals surface area contributed by atoms with Crippen LogP contribution < -0.4 is 0 Å². The van der Waals surface area contributed by atoms with Crippen molar-refractivity contribution in [3.8, 4) is 0 Å². The van der Waals surface area contributed by atoms with Gasteiger partial charge in [0.1, 0.15) is 11.5 Å². The van der Waals surface area contributed by atoms with Crippen LogP contribution in [0.4, 0.5) is 4.39 Å². The fourth-order valence-electron chi connectivity index (χ4n) is 1.58. The average molecular weight is 279 g/mol. The zero-order valence-electron chi connectivity index (χ0n) is 10.3. The van der Waals surface area contributed by atoms with Crippen LogP contribution in [0.15, 0.2) is 36.5 Å². The van der Waals surface area contributed by atoms with E-state index in [2.05, 4.69) is 5.10 Å². The van der Waals surface area contributed by atoms with Gasteiger partial charge in [-0.1, -0.05) is 17.7 Å². The number of allylic oxidation sites excluding steroid dienone is 1. The summed E-state index contributed by atoms with van der Waals surface area (Å²) in [6.07, 6.45) is 4.36. The first-order valence-electron chi connectivity index (χ1n) is 5.81. The molecule has 0 radical (unpaired) electrons. The normalized spacial score (nSPS) is 11.1. The molecule has 1 heterocycles. The standard InChI is InChI=1S/C14H12ClFN2O/c1-2-18-9-8-13(17-18)14(19)7-6-10-11(15)4-3-5-12(10)16/h3-9H,2H2,1H3/b7-6+. The molecule has 5 heteroatoms. The Hall–Kier alpha value is -1.94. The van der Waals surface area contributed by atoms with Crippen LogP contribution in [0.2, 0.25) is 5.02 Å². The van der Waals surface area contributed by atoms with Crippen molar-refractivity contribution in [3.63, 3.8) is 0 Å². The number of hydrogen-bond donors (Lipinski definition) is 0. The fourth-order valence-corrected chi connectivity index (χ4v) is 1.81. The third-order valence-electron chi connectivity index (χ3n) is 2.62. The van der Waals surface area contributed by atoms with Crippen molar-refractivity contribution < 1.29 is 9.18 Å². The zero-order valence-corrected chi connectivity index (χ0v) is 11.1. The van der Waals surface area contributed by atoms with Gasteiger partial charge < -0.3 is 0 Å². The molecule has 0 amide bonds. The van der Waals surface area contributed by atoms with Crippen LogP contribution in [-0.2, 0) is 6.54 Å². The van der Waals surface area contributed by atoms with E-state index < -0.39 is 5.82 Å². The molecule has 0 atom stereocenters. The minimum absolute atomic E-state index is 0.201. The fraction of sp³-hybridized carbons (Fsp3) is 0.143. The molecule has 1 aromatic carbocycles. The van der Waals surface area contributed by atoms with Crippen molar-refractivity contribution in [1.82, 2.24) is 9.78 Å². The van der Waals surface area contributed by atoms with E-state index in [0.717, 1.165) is 0 Å². The molecule has 19 heavy (non-hydrogen) atoms. The Morgan fingerprint density at radius 1 is 1.47 bits per heavy atom. The highest BCUT2D eigenvalue weighted by Crippen LogP contribution is 2.20. The van der Waals surface area contributed by atoms with E-state index in [4.69, 9.17) is 11.6 Å². The van der Waals surface area contributed by atoms with Crippen LogP contribution in [0.3, 0.4) is 0 Å². The molecule has 98 valence electrons. The maximum atomic E-state index is 13.5. The van der Waals surface area contributed by atoms with Gasteiger partial charge in [-0.05, 0) is 37.3 Å². The lowest BCUT2D eigenvalue weighted by Crippen LogP contribution is -2.00. The maximum absolute atomic E-state index is 13.5. The molecule has 0 N–H and O–H groups in total. The highest BCUT2D eigenvalue weighted by atomic mass is 35.5. The Bertz CT molecular complexity index is 614. The first kappa shape index (κ1) is 13.5. The van der Waals surface area contributed by atoms with Crippen molar-refractivity contribution in [2.24, 2.45) is 0 Å². The maximum Gasteiger partial charge on any atom is 0.206 e. The zero-order chi connectivity index (χ0) is 13.8. The van der Waals surface area contributed by atoms with Crippen LogP contribution >= 0.6 is 11.6 Å². The van der Waals surface area contributed by atoms with Gasteiger partial charge in [0.2, 0.25) is 5.78 Å². The second kappa shape index (κ2) is 5.80. The molecule has 0 aliphatic carbocycles. The second-order valence-electron chi connectivity index (χ2n) is 3.89. The van der Waals surface area contributed by atoms with Gasteiger partial charge in [0.05, 0.1) is 5.02 Å². The van der Waals surface area contributed by atoms with Crippen molar-refractivity contribution in [3.05, 3.63) is 58.6 Å². The Labute approximate surface area is 115 Å². The molecule has 0 saturated heterocycles. The molecule has 0 aliphatic heterocycles. The summed E-state index contributed by atoms with van der Waals surface area (Å²) < 4.78 is 15.1. The number of benzene rings is 1. The number of carbonyl (C=O) groups is 1. The SMILES string of the molecule is CCn1ccc(C(=O)/C=C/c2c(F)cccc2Cl)n1. The summed E-state index contributed by atoms with van der Waals surface area (Å²) in [6, 6.07) is 6.00. The van der Waals surface area contributed by atoms with E-state index in [0.29, 0.717) is 12.2 Å². The van der Waals surface area contributed by atoms with Gasteiger partial charge in [-0.25, -0.2) is 4.39 Å². The van der Waals surface area contributed by atoms with Gasteiger partial charge in [-0.2, -0.15) is 5.10 Å². The quantitative estimate of drug-likeness (QED) is 0.633. The van der Waals surface area contributed by atoms with E-state index >= 15 is 0 Å². The molecule has 2 aromatic rings. The molecule has 0 fully saturated rings. The summed E-state index contributed by atoms with van der Waals surface area (Å²) in [4.78, 5) is 11.8. The molecule has 0 saturated carbocycles. The smallest absolute Gasteiger partial charge is 0.206 e. The number of aromatic nitrogens is 2. The molecule has 0 unspecified atom stereocenters. The van der Waals surface area contributed by atoms with Gasteiger partial charge in [0.25, 0.3) is 0 Å². The number of nitrogens with zero attached hydrogens (tertiary/aromatic N) is 2. The van der Waals surface area contributed by atoms with Gasteiger partial charge >= 0.3 is 0 Å². The molecule has 0 aliphatic rings. The van der Waals surface area contributed by atoms with Crippen molar-refractivity contribution in [2.45, 2.75) is 13.5 Å². The monoisotopic (exact) mass is 278 g/mol. The van der Waals surface area contributed by atoms with Gasteiger partial charge in [0.15, 0.2) is 0 Å². The van der Waals surface area contributed by atoms with Gasteiger partial charge in [-0.15, -0.1) is 0 Å². The van der Waals surface area contributed by atoms with E-state index in [-0.39, 0.29) is 16.4 Å². The summed E-state index contributed by atoms with van der Waals surface area (Å²) in [5, 5.41) is 4.34. The summed E-state index contributed by atoms with van der Waals surface area (Å²) in [6.45, 7) is 2.62. The van der Waals surface area contributed by atoms with E-state index in [1.54, 1.807) is 23.0 Å². The first-order valence-corrected chi connectivity index (χ1v) is 6.19. The average Bonchev–Trinajstić information content (AvgIpc) is 2.86. The third kappa shape index (κ3) is 3.09. The van der Waals surface area contributed by atoms with E-state index in [1.165, 1.54) is 24.3 Å². The predicted molar refractivity (Wildman–Crippen MR) is 72.7 cm³/mol. The minimum Gasteiger partial charge on any atom is -0.287 e. The number of halogens is 2. The van der Waals surface area contributed by atoms with Crippen molar-refractivity contribution in [2.75, 3.05) is 0 Å². The van der Waals surface area contributed by atoms with Crippen molar-refractivity contribution >= 4 is 23.5 Å². The molecule has 1 aromatic heterocycles. The molecule has 3 nitrogen and oxygen atoms in total. The number of aryl methyl sites for hydroxylation is 1. The third-order valence-corrected chi connectivity index (χ3v) is 2.95. The molecule has 0 spiro atoms. The van der Waals surface area contributed by atoms with Gasteiger partial charge in [-0.3, -0.25) is 9.48 Å². The van der Waals surface area contributed by atoms with Crippen LogP contribution in [0.25, 0.3) is 6.08 Å². The predicted octanol–water partition coefficient (Wildman–Crippen LogP) is 3.59. The Morgan fingerprint density at radius 2 is 2.26 bits per heavy atom. The van der Waals surface area contributed by atoms with Gasteiger partial charge in [0, 0.05) is 18.3 Å². The summed E-state index contributed by atoms with van der Waals surface area (Å²) >= 11 is 5.86. The first-order chi connectivity index (χ1) is 9.11. The minimum atomic E-state index is -0.462. The molecule has 0 bridgehead atoms. The number of carbonyl (C=O) groups excluding carboxylic acids is 1. The topological polar surface area (TPSA) is 34.9 Å². The molecular formula is C14H12ClFN2O. The lowest BCUT2D eigenvalue weighted by atomic mass is 10.1.